The van der Waals surface area contributed by atoms with Gasteiger partial charge in [0, 0.05) is 25.2 Å². The van der Waals surface area contributed by atoms with Crippen LogP contribution in [0.5, 0.6) is 0 Å². The van der Waals surface area contributed by atoms with Crippen LogP contribution in [-0.2, 0) is 14.8 Å². The Morgan fingerprint density at radius 1 is 1.39 bits per heavy atom. The van der Waals surface area contributed by atoms with Crippen LogP contribution in [0.1, 0.15) is 25.7 Å². The summed E-state index contributed by atoms with van der Waals surface area (Å²) in [5, 5.41) is 3.53. The lowest BCUT2D eigenvalue weighted by Gasteiger charge is -2.35. The zero-order chi connectivity index (χ0) is 16.6. The van der Waals surface area contributed by atoms with Gasteiger partial charge in [-0.25, -0.2) is 13.1 Å². The van der Waals surface area contributed by atoms with Gasteiger partial charge in [-0.1, -0.05) is 11.6 Å². The lowest BCUT2D eigenvalue weighted by atomic mass is 9.98. The maximum absolute atomic E-state index is 12.3. The summed E-state index contributed by atoms with van der Waals surface area (Å²) in [6.45, 7) is -0.229. The van der Waals surface area contributed by atoms with Gasteiger partial charge in [-0.05, 0) is 37.8 Å². The van der Waals surface area contributed by atoms with Gasteiger partial charge in [0.2, 0.25) is 5.91 Å². The van der Waals surface area contributed by atoms with Crippen molar-refractivity contribution in [2.75, 3.05) is 13.6 Å². The molecular formula is C14H20ClN3O3S2. The summed E-state index contributed by atoms with van der Waals surface area (Å²) >= 11 is 6.73. The van der Waals surface area contributed by atoms with Crippen molar-refractivity contribution in [3.05, 3.63) is 16.5 Å². The van der Waals surface area contributed by atoms with Crippen LogP contribution in [0.4, 0.5) is 0 Å². The highest BCUT2D eigenvalue weighted by Gasteiger charge is 2.36. The molecule has 2 bridgehead atoms. The molecule has 23 heavy (non-hydrogen) atoms. The fraction of sp³-hybridized carbons (Fsp3) is 0.643. The van der Waals surface area contributed by atoms with Gasteiger partial charge in [0.1, 0.15) is 4.21 Å². The highest BCUT2D eigenvalue weighted by atomic mass is 35.5. The van der Waals surface area contributed by atoms with Gasteiger partial charge in [0.15, 0.2) is 0 Å². The molecule has 3 rings (SSSR count). The predicted molar refractivity (Wildman–Crippen MR) is 90.3 cm³/mol. The minimum Gasteiger partial charge on any atom is -0.342 e. The molecule has 3 heterocycles. The van der Waals surface area contributed by atoms with E-state index in [2.05, 4.69) is 10.0 Å². The van der Waals surface area contributed by atoms with Gasteiger partial charge in [0.25, 0.3) is 10.0 Å². The van der Waals surface area contributed by atoms with E-state index in [1.165, 1.54) is 12.1 Å². The van der Waals surface area contributed by atoms with E-state index in [4.69, 9.17) is 11.6 Å². The van der Waals surface area contributed by atoms with E-state index in [0.29, 0.717) is 16.4 Å². The number of carbonyl (C=O) groups is 1. The van der Waals surface area contributed by atoms with Crippen LogP contribution in [0.2, 0.25) is 4.34 Å². The van der Waals surface area contributed by atoms with Crippen LogP contribution in [0.25, 0.3) is 0 Å². The number of sulfonamides is 1. The van der Waals surface area contributed by atoms with Gasteiger partial charge in [-0.15, -0.1) is 11.3 Å². The van der Waals surface area contributed by atoms with E-state index < -0.39 is 10.0 Å². The Kier molecular flexibility index (Phi) is 4.98. The number of hydrogen-bond donors (Lipinski definition) is 2. The molecule has 2 unspecified atom stereocenters. The third-order valence-electron chi connectivity index (χ3n) is 4.62. The quantitative estimate of drug-likeness (QED) is 0.813. The first-order chi connectivity index (χ1) is 10.8. The third kappa shape index (κ3) is 3.88. The summed E-state index contributed by atoms with van der Waals surface area (Å²) in [6, 6.07) is 4.12. The van der Waals surface area contributed by atoms with Gasteiger partial charge in [0.05, 0.1) is 10.9 Å². The molecule has 2 atom stereocenters. The molecule has 6 nitrogen and oxygen atoms in total. The van der Waals surface area contributed by atoms with Gasteiger partial charge in [-0.2, -0.15) is 0 Å². The number of thiophene rings is 1. The number of carbonyl (C=O) groups excluding carboxylic acids is 1. The van der Waals surface area contributed by atoms with Gasteiger partial charge < -0.3 is 10.2 Å². The number of fused-ring (bicyclic) bond motifs is 2. The first kappa shape index (κ1) is 17.2. The smallest absolute Gasteiger partial charge is 0.250 e. The number of likely N-dealkylation sites (N-methyl/N-ethyl adjacent to an activating group) is 1. The van der Waals surface area contributed by atoms with E-state index in [1.807, 2.05) is 0 Å². The lowest BCUT2D eigenvalue weighted by molar-refractivity contribution is -0.131. The second-order valence-electron chi connectivity index (χ2n) is 6.15. The molecule has 1 aromatic rings. The molecule has 2 saturated heterocycles. The van der Waals surface area contributed by atoms with E-state index in [0.717, 1.165) is 37.0 Å². The molecule has 0 aliphatic carbocycles. The minimum absolute atomic E-state index is 0.123. The second-order valence-corrected chi connectivity index (χ2v) is 9.86. The summed E-state index contributed by atoms with van der Waals surface area (Å²) in [7, 11) is -1.93. The Balaban J connectivity index is 1.56. The molecular weight excluding hydrogens is 358 g/mol. The van der Waals surface area contributed by atoms with Crippen LogP contribution in [0.15, 0.2) is 16.3 Å². The average molecular weight is 378 g/mol. The zero-order valence-corrected chi connectivity index (χ0v) is 15.2. The first-order valence-corrected chi connectivity index (χ1v) is 10.3. The fourth-order valence-electron chi connectivity index (χ4n) is 3.34. The van der Waals surface area contributed by atoms with Crippen molar-refractivity contribution in [2.45, 2.75) is 48.0 Å². The molecule has 0 saturated carbocycles. The maximum Gasteiger partial charge on any atom is 0.250 e. The minimum atomic E-state index is -3.68. The van der Waals surface area contributed by atoms with E-state index >= 15 is 0 Å². The monoisotopic (exact) mass is 377 g/mol. The van der Waals surface area contributed by atoms with Gasteiger partial charge >= 0.3 is 0 Å². The molecule has 2 N–H and O–H groups in total. The topological polar surface area (TPSA) is 78.5 Å². The number of rotatable bonds is 5. The Morgan fingerprint density at radius 3 is 2.61 bits per heavy atom. The van der Waals surface area contributed by atoms with Crippen molar-refractivity contribution in [3.63, 3.8) is 0 Å². The molecule has 0 spiro atoms. The van der Waals surface area contributed by atoms with E-state index in [9.17, 15) is 13.2 Å². The van der Waals surface area contributed by atoms with Crippen molar-refractivity contribution < 1.29 is 13.2 Å². The molecule has 2 fully saturated rings. The molecule has 1 aromatic heterocycles. The van der Waals surface area contributed by atoms with Crippen molar-refractivity contribution >= 4 is 38.9 Å². The van der Waals surface area contributed by atoms with E-state index in [1.54, 1.807) is 11.9 Å². The molecule has 9 heteroatoms. The number of nitrogens with zero attached hydrogens (tertiary/aromatic N) is 1. The third-order valence-corrected chi connectivity index (χ3v) is 7.74. The average Bonchev–Trinajstić information content (AvgIpc) is 3.10. The summed E-state index contributed by atoms with van der Waals surface area (Å²) in [6.07, 6.45) is 4.20. The van der Waals surface area contributed by atoms with Crippen molar-refractivity contribution in [1.29, 1.82) is 0 Å². The predicted octanol–water partition coefficient (Wildman–Crippen LogP) is 1.42. The molecule has 128 valence electrons. The van der Waals surface area contributed by atoms with Crippen molar-refractivity contribution in [3.8, 4) is 0 Å². The van der Waals surface area contributed by atoms with Crippen LogP contribution in [-0.4, -0.2) is 50.9 Å². The highest BCUT2D eigenvalue weighted by molar-refractivity contribution is 7.91. The Bertz CT molecular complexity index is 679. The largest absolute Gasteiger partial charge is 0.342 e. The molecule has 0 aromatic carbocycles. The lowest BCUT2D eigenvalue weighted by Crippen LogP contribution is -2.50. The number of piperidine rings is 1. The molecule has 1 amide bonds. The van der Waals surface area contributed by atoms with Crippen LogP contribution in [0.3, 0.4) is 0 Å². The maximum atomic E-state index is 12.3. The molecule has 2 aliphatic heterocycles. The summed E-state index contributed by atoms with van der Waals surface area (Å²) in [4.78, 5) is 14.0. The Hall–Kier alpha value is -0.670. The van der Waals surface area contributed by atoms with Gasteiger partial charge in [-0.3, -0.25) is 4.79 Å². The Labute approximate surface area is 145 Å². The number of nitrogens with one attached hydrogen (secondary N) is 2. The normalized spacial score (nSPS) is 27.1. The number of amides is 1. The van der Waals surface area contributed by atoms with E-state index in [-0.39, 0.29) is 22.7 Å². The Morgan fingerprint density at radius 2 is 2.04 bits per heavy atom. The van der Waals surface area contributed by atoms with Crippen LogP contribution >= 0.6 is 22.9 Å². The first-order valence-electron chi connectivity index (χ1n) is 7.62. The summed E-state index contributed by atoms with van der Waals surface area (Å²) < 4.78 is 27.1. The van der Waals surface area contributed by atoms with Crippen molar-refractivity contribution in [2.24, 2.45) is 0 Å². The summed E-state index contributed by atoms with van der Waals surface area (Å²) in [5.41, 5.74) is 0. The number of hydrogen-bond acceptors (Lipinski definition) is 5. The van der Waals surface area contributed by atoms with Crippen LogP contribution < -0.4 is 10.0 Å². The molecule has 0 radical (unpaired) electrons. The van der Waals surface area contributed by atoms with Crippen molar-refractivity contribution in [1.82, 2.24) is 14.9 Å². The zero-order valence-electron chi connectivity index (χ0n) is 12.8. The second kappa shape index (κ2) is 6.68. The van der Waals surface area contributed by atoms with Crippen LogP contribution in [0, 0.1) is 0 Å². The fourth-order valence-corrected chi connectivity index (χ4v) is 5.84. The highest BCUT2D eigenvalue weighted by Crippen LogP contribution is 2.29. The standard InChI is InChI=1S/C14H20ClN3O3S2/c1-18(11-6-9-2-3-10(7-11)17-9)13(19)8-16-23(20,21)14-5-4-12(15)22-14/h4-5,9-11,16-17H,2-3,6-8H2,1H3. The SMILES string of the molecule is CN(C(=O)CNS(=O)(=O)c1ccc(Cl)s1)C1CC2CCC(C1)N2. The summed E-state index contributed by atoms with van der Waals surface area (Å²) in [5.74, 6) is -0.206. The molecule has 2 aliphatic rings. The number of halogens is 1.